The van der Waals surface area contributed by atoms with Crippen molar-refractivity contribution >= 4 is 6.09 Å². The Morgan fingerprint density at radius 3 is 1.56 bits per heavy atom. The van der Waals surface area contributed by atoms with E-state index in [2.05, 4.69) is 29.6 Å². The molecule has 4 aromatic carbocycles. The van der Waals surface area contributed by atoms with Crippen LogP contribution in [0.5, 0.6) is 0 Å². The lowest BCUT2D eigenvalue weighted by Gasteiger charge is -2.43. The van der Waals surface area contributed by atoms with Gasteiger partial charge in [-0.15, -0.1) is 0 Å². The van der Waals surface area contributed by atoms with Crippen molar-refractivity contribution < 1.29 is 59.1 Å². The van der Waals surface area contributed by atoms with E-state index in [0.717, 1.165) is 22.3 Å². The van der Waals surface area contributed by atoms with Crippen LogP contribution in [0.4, 0.5) is 4.79 Å². The average Bonchev–Trinajstić information content (AvgIpc) is 3.62. The monoisotopic (exact) mass is 840 g/mol. The van der Waals surface area contributed by atoms with Crippen LogP contribution in [-0.2, 0) is 23.7 Å². The second-order valence-corrected chi connectivity index (χ2v) is 16.5. The number of rotatable bonds is 14. The van der Waals surface area contributed by atoms with E-state index >= 15 is 0 Å². The smallest absolute Gasteiger partial charge is 0.407 e. The van der Waals surface area contributed by atoms with Crippen LogP contribution in [0, 0.1) is 0 Å². The second kappa shape index (κ2) is 19.8. The zero-order chi connectivity index (χ0) is 42.5. The fraction of sp³-hybridized carbons (Fsp3) is 0.468. The summed E-state index contributed by atoms with van der Waals surface area (Å²) in [5.41, 5.74) is 5.92. The maximum Gasteiger partial charge on any atom is 0.407 e. The summed E-state index contributed by atoms with van der Waals surface area (Å²) in [7, 11) is 0. The maximum atomic E-state index is 13.2. The molecular formula is C47H56N2O12. The van der Waals surface area contributed by atoms with Gasteiger partial charge in [0.15, 0.2) is 12.6 Å². The molecule has 14 heteroatoms. The summed E-state index contributed by atoms with van der Waals surface area (Å²) >= 11 is 0. The highest BCUT2D eigenvalue weighted by molar-refractivity contribution is 5.79. The number of hydrogen-bond donors (Lipinski definition) is 7. The minimum Gasteiger partial charge on any atom is -0.449 e. The molecule has 1 saturated carbocycles. The predicted molar refractivity (Wildman–Crippen MR) is 222 cm³/mol. The van der Waals surface area contributed by atoms with E-state index < -0.39 is 67.5 Å². The van der Waals surface area contributed by atoms with Gasteiger partial charge in [0, 0.05) is 42.2 Å². The van der Waals surface area contributed by atoms with Gasteiger partial charge in [0.2, 0.25) is 0 Å². The maximum absolute atomic E-state index is 13.2. The molecule has 1 amide bonds. The summed E-state index contributed by atoms with van der Waals surface area (Å²) in [5, 5.41) is 70.7. The van der Waals surface area contributed by atoms with E-state index in [1.807, 2.05) is 60.7 Å². The zero-order valence-corrected chi connectivity index (χ0v) is 33.8. The molecule has 0 aromatic heterocycles. The van der Waals surface area contributed by atoms with Crippen molar-refractivity contribution in [2.24, 2.45) is 0 Å². The number of aliphatic hydroxyl groups is 6. The molecule has 2 saturated heterocycles. The number of nitrogens with zero attached hydrogens (tertiary/aromatic N) is 1. The molecule has 14 nitrogen and oxygen atoms in total. The molecule has 0 radical (unpaired) electrons. The Labute approximate surface area is 355 Å². The molecule has 2 heterocycles. The molecule has 3 fully saturated rings. The van der Waals surface area contributed by atoms with Crippen LogP contribution in [0.15, 0.2) is 109 Å². The van der Waals surface area contributed by atoms with Crippen molar-refractivity contribution in [3.8, 4) is 11.1 Å². The van der Waals surface area contributed by atoms with E-state index in [4.69, 9.17) is 23.7 Å². The highest BCUT2D eigenvalue weighted by atomic mass is 16.7. The van der Waals surface area contributed by atoms with E-state index in [1.54, 1.807) is 29.2 Å². The molecule has 0 unspecified atom stereocenters. The lowest BCUT2D eigenvalue weighted by molar-refractivity contribution is -0.285. The summed E-state index contributed by atoms with van der Waals surface area (Å²) in [4.78, 5) is 15.0. The minimum atomic E-state index is -1.55. The summed E-state index contributed by atoms with van der Waals surface area (Å²) < 4.78 is 29.2. The fourth-order valence-corrected chi connectivity index (χ4v) is 9.19. The van der Waals surface area contributed by atoms with Gasteiger partial charge < -0.3 is 59.6 Å². The first kappa shape index (κ1) is 43.4. The SMILES string of the molecule is O=C(NC1CCC(N(C[C@H](O)[C@@H](O)[C@@H]2O[C@H](c3ccccc3)OC[C@H]2O)C[C@H](O)[C@@H](O)[C@@H]2O[C@H](c3ccccc3)OC[C@H]2O)CC1)OCC1c2ccccc2-c2ccccc21. The van der Waals surface area contributed by atoms with Crippen LogP contribution < -0.4 is 5.32 Å². The van der Waals surface area contributed by atoms with Gasteiger partial charge in [-0.25, -0.2) is 4.79 Å². The molecule has 61 heavy (non-hydrogen) atoms. The number of hydrogen-bond acceptors (Lipinski definition) is 13. The third-order valence-electron chi connectivity index (χ3n) is 12.5. The minimum absolute atomic E-state index is 0.0697. The molecule has 7 N–H and O–H groups in total. The molecule has 8 rings (SSSR count). The van der Waals surface area contributed by atoms with Crippen LogP contribution in [0.25, 0.3) is 11.1 Å². The number of ether oxygens (including phenoxy) is 5. The molecule has 4 aromatic rings. The zero-order valence-electron chi connectivity index (χ0n) is 33.8. The fourth-order valence-electron chi connectivity index (χ4n) is 9.19. The Kier molecular flexibility index (Phi) is 14.1. The van der Waals surface area contributed by atoms with Gasteiger partial charge in [-0.2, -0.15) is 0 Å². The van der Waals surface area contributed by atoms with Gasteiger partial charge in [-0.3, -0.25) is 4.90 Å². The number of alkyl carbamates (subject to hydrolysis) is 1. The Morgan fingerprint density at radius 2 is 1.08 bits per heavy atom. The first-order valence-corrected chi connectivity index (χ1v) is 21.2. The number of benzene rings is 4. The molecule has 2 aliphatic heterocycles. The van der Waals surface area contributed by atoms with Crippen LogP contribution >= 0.6 is 0 Å². The Morgan fingerprint density at radius 1 is 0.639 bits per heavy atom. The Bertz CT molecular complexity index is 1900. The largest absolute Gasteiger partial charge is 0.449 e. The van der Waals surface area contributed by atoms with E-state index in [-0.39, 0.29) is 50.9 Å². The van der Waals surface area contributed by atoms with Crippen molar-refractivity contribution in [3.63, 3.8) is 0 Å². The second-order valence-electron chi connectivity index (χ2n) is 16.5. The lowest BCUT2D eigenvalue weighted by atomic mass is 9.89. The van der Waals surface area contributed by atoms with Crippen LogP contribution in [0.2, 0.25) is 0 Å². The topological polar surface area (TPSA) is 200 Å². The summed E-state index contributed by atoms with van der Waals surface area (Å²) in [6, 6.07) is 34.0. The number of carbonyl (C=O) groups excluding carboxylic acids is 1. The van der Waals surface area contributed by atoms with Gasteiger partial charge >= 0.3 is 6.09 Å². The van der Waals surface area contributed by atoms with Crippen molar-refractivity contribution in [2.75, 3.05) is 32.9 Å². The number of fused-ring (bicyclic) bond motifs is 3. The predicted octanol–water partition coefficient (Wildman–Crippen LogP) is 3.53. The van der Waals surface area contributed by atoms with Crippen molar-refractivity contribution in [3.05, 3.63) is 131 Å². The third kappa shape index (κ3) is 10.0. The molecule has 326 valence electrons. The van der Waals surface area contributed by atoms with Crippen molar-refractivity contribution in [2.45, 2.75) is 105 Å². The molecule has 4 aliphatic rings. The lowest BCUT2D eigenvalue weighted by Crippen LogP contribution is -2.58. The van der Waals surface area contributed by atoms with Gasteiger partial charge in [0.05, 0.1) is 25.4 Å². The molecule has 0 spiro atoms. The molecule has 10 atom stereocenters. The van der Waals surface area contributed by atoms with E-state index in [1.165, 1.54) is 0 Å². The molecule has 2 aliphatic carbocycles. The summed E-state index contributed by atoms with van der Waals surface area (Å²) in [6.07, 6.45) is -10.9. The highest BCUT2D eigenvalue weighted by Gasteiger charge is 2.43. The summed E-state index contributed by atoms with van der Waals surface area (Å²) in [5.74, 6) is -0.0697. The average molecular weight is 841 g/mol. The Hall–Kier alpha value is -4.29. The Balaban J connectivity index is 0.913. The van der Waals surface area contributed by atoms with Gasteiger partial charge in [-0.1, -0.05) is 109 Å². The van der Waals surface area contributed by atoms with Crippen molar-refractivity contribution in [1.82, 2.24) is 10.2 Å². The van der Waals surface area contributed by atoms with E-state index in [9.17, 15) is 35.4 Å². The standard InChI is InChI=1S/C47H56N2O12/c50-37(41(54)43-39(52)26-57-45(60-43)28-11-3-1-4-12-28)23-49(24-38(51)42(55)44-40(53)27-58-46(61-44)29-13-5-2-6-14-29)31-21-19-30(20-22-31)48-47(56)59-25-36-34-17-9-7-15-32(34)33-16-8-10-18-35(33)36/h1-18,30-31,36-46,50-55H,19-27H2,(H,48,56)/t30?,31?,37-,38-,39+,40+,41+,42+,43+,44+,45+,46+/m0/s1. The number of amides is 1. The summed E-state index contributed by atoms with van der Waals surface area (Å²) in [6.45, 7) is -0.374. The van der Waals surface area contributed by atoms with Crippen LogP contribution in [0.3, 0.4) is 0 Å². The van der Waals surface area contributed by atoms with Gasteiger partial charge in [0.25, 0.3) is 0 Å². The molecular weight excluding hydrogens is 785 g/mol. The first-order chi connectivity index (χ1) is 29.6. The van der Waals surface area contributed by atoms with Crippen LogP contribution in [0.1, 0.15) is 66.4 Å². The number of carbonyl (C=O) groups is 1. The third-order valence-corrected chi connectivity index (χ3v) is 12.5. The van der Waals surface area contributed by atoms with Gasteiger partial charge in [-0.05, 0) is 47.9 Å². The number of aliphatic hydroxyl groups excluding tert-OH is 6. The highest BCUT2D eigenvalue weighted by Crippen LogP contribution is 2.44. The normalized spacial score (nSPS) is 28.6. The van der Waals surface area contributed by atoms with Crippen LogP contribution in [-0.4, -0.2) is 135 Å². The number of nitrogens with one attached hydrogen (secondary N) is 1. The molecule has 0 bridgehead atoms. The first-order valence-electron chi connectivity index (χ1n) is 21.2. The van der Waals surface area contributed by atoms with E-state index in [0.29, 0.717) is 36.8 Å². The van der Waals surface area contributed by atoms with Crippen molar-refractivity contribution in [1.29, 1.82) is 0 Å². The van der Waals surface area contributed by atoms with Gasteiger partial charge in [0.1, 0.15) is 43.2 Å². The quantitative estimate of drug-likeness (QED) is 0.0975.